The summed E-state index contributed by atoms with van der Waals surface area (Å²) in [6, 6.07) is 1.01. The quantitative estimate of drug-likeness (QED) is 0.451. The molecule has 1 unspecified atom stereocenters. The van der Waals surface area contributed by atoms with Crippen molar-refractivity contribution < 1.29 is 41.4 Å². The van der Waals surface area contributed by atoms with Gasteiger partial charge in [0.2, 0.25) is 5.91 Å². The number of thioether (sulfide) groups is 1. The van der Waals surface area contributed by atoms with Crippen LogP contribution in [0.1, 0.15) is 12.0 Å². The van der Waals surface area contributed by atoms with Crippen molar-refractivity contribution in [1.29, 1.82) is 0 Å². The predicted molar refractivity (Wildman–Crippen MR) is 79.8 cm³/mol. The molecule has 1 saturated heterocycles. The summed E-state index contributed by atoms with van der Waals surface area (Å²) in [5.41, 5.74) is -0.942. The van der Waals surface area contributed by atoms with Crippen LogP contribution in [0.2, 0.25) is 0 Å². The maximum absolute atomic E-state index is 13.7. The van der Waals surface area contributed by atoms with E-state index >= 15 is 0 Å². The predicted octanol–water partition coefficient (Wildman–Crippen LogP) is 2.26. The van der Waals surface area contributed by atoms with E-state index in [1.54, 1.807) is 0 Å². The largest absolute Gasteiger partial charge is 0.573 e. The van der Waals surface area contributed by atoms with Crippen LogP contribution in [0.5, 0.6) is 5.75 Å². The van der Waals surface area contributed by atoms with Crippen molar-refractivity contribution in [3.8, 4) is 5.75 Å². The minimum absolute atomic E-state index is 0.146. The van der Waals surface area contributed by atoms with Crippen LogP contribution in [0.3, 0.4) is 0 Å². The number of nitrogens with zero attached hydrogens (tertiary/aromatic N) is 2. The molecule has 1 atom stereocenters. The maximum Gasteiger partial charge on any atom is 0.573 e. The lowest BCUT2D eigenvalue weighted by atomic mass is 10.2. The average Bonchev–Trinajstić information content (AvgIpc) is 2.84. The van der Waals surface area contributed by atoms with Crippen LogP contribution in [0, 0.1) is 11.6 Å². The third-order valence-corrected chi connectivity index (χ3v) is 3.86. The number of nitrogens with one attached hydrogen (secondary N) is 1. The van der Waals surface area contributed by atoms with E-state index in [4.69, 9.17) is 5.11 Å². The fourth-order valence-corrected chi connectivity index (χ4v) is 2.68. The van der Waals surface area contributed by atoms with Crippen molar-refractivity contribution >= 4 is 35.0 Å². The number of alkyl halides is 3. The lowest BCUT2D eigenvalue weighted by Gasteiger charge is -2.11. The van der Waals surface area contributed by atoms with Gasteiger partial charge in [-0.2, -0.15) is 5.10 Å². The molecule has 1 heterocycles. The Kier molecular flexibility index (Phi) is 5.79. The van der Waals surface area contributed by atoms with E-state index in [0.717, 1.165) is 11.8 Å². The first-order chi connectivity index (χ1) is 12.1. The van der Waals surface area contributed by atoms with Gasteiger partial charge in [-0.15, -0.1) is 18.3 Å². The molecule has 0 aromatic heterocycles. The molecule has 2 rings (SSSR count). The van der Waals surface area contributed by atoms with Gasteiger partial charge >= 0.3 is 12.3 Å². The highest BCUT2D eigenvalue weighted by Gasteiger charge is 2.33. The second kappa shape index (κ2) is 7.68. The zero-order valence-electron chi connectivity index (χ0n) is 12.4. The zero-order valence-corrected chi connectivity index (χ0v) is 13.2. The Morgan fingerprint density at radius 2 is 2.08 bits per heavy atom. The highest BCUT2D eigenvalue weighted by atomic mass is 32.2. The standard InChI is InChI=1S/C13H8F5N3O4S/c14-6-1-2-7(25-13(16,17)18)5(10(6)15)4-19-21-12-20-11(24)8(26-12)3-9(22)23/h1-2,4,8H,3H2,(H,22,23)(H,20,21,24). The van der Waals surface area contributed by atoms with Gasteiger partial charge in [-0.25, -0.2) is 8.78 Å². The van der Waals surface area contributed by atoms with Gasteiger partial charge in [0.1, 0.15) is 11.0 Å². The summed E-state index contributed by atoms with van der Waals surface area (Å²) < 4.78 is 67.4. The first kappa shape index (κ1) is 19.6. The molecule has 140 valence electrons. The molecular formula is C13H8F5N3O4S. The van der Waals surface area contributed by atoms with Crippen LogP contribution in [0.25, 0.3) is 0 Å². The summed E-state index contributed by atoms with van der Waals surface area (Å²) in [4.78, 5) is 22.1. The zero-order chi connectivity index (χ0) is 19.5. The Morgan fingerprint density at radius 1 is 1.38 bits per heavy atom. The molecule has 1 aliphatic heterocycles. The Morgan fingerprint density at radius 3 is 2.69 bits per heavy atom. The van der Waals surface area contributed by atoms with Crippen LogP contribution in [-0.4, -0.2) is 40.0 Å². The molecule has 0 saturated carbocycles. The minimum atomic E-state index is -5.14. The Bertz CT molecular complexity index is 797. The van der Waals surface area contributed by atoms with E-state index < -0.39 is 52.9 Å². The fraction of sp³-hybridized carbons (Fsp3) is 0.231. The SMILES string of the molecule is O=C(O)CC1SC(=NN=Cc2c(OC(F)(F)F)ccc(F)c2F)NC1=O. The van der Waals surface area contributed by atoms with Gasteiger partial charge in [0, 0.05) is 0 Å². The molecule has 26 heavy (non-hydrogen) atoms. The number of hydrogen-bond acceptors (Lipinski definition) is 6. The average molecular weight is 397 g/mol. The van der Waals surface area contributed by atoms with Gasteiger partial charge in [0.05, 0.1) is 18.2 Å². The fourth-order valence-electron chi connectivity index (χ4n) is 1.77. The maximum atomic E-state index is 13.7. The van der Waals surface area contributed by atoms with E-state index in [1.165, 1.54) is 0 Å². The molecule has 0 aliphatic carbocycles. The monoisotopic (exact) mass is 397 g/mol. The van der Waals surface area contributed by atoms with Gasteiger partial charge in [-0.1, -0.05) is 11.8 Å². The Balaban J connectivity index is 2.21. The number of rotatable bonds is 5. The van der Waals surface area contributed by atoms with E-state index in [9.17, 15) is 31.5 Å². The van der Waals surface area contributed by atoms with Crippen LogP contribution in [0.15, 0.2) is 22.3 Å². The van der Waals surface area contributed by atoms with Crippen LogP contribution in [-0.2, 0) is 9.59 Å². The summed E-state index contributed by atoms with van der Waals surface area (Å²) in [7, 11) is 0. The number of carboxylic acid groups (broad SMARTS) is 1. The van der Waals surface area contributed by atoms with Gasteiger partial charge in [-0.3, -0.25) is 9.59 Å². The van der Waals surface area contributed by atoms with Crippen molar-refractivity contribution in [3.63, 3.8) is 0 Å². The minimum Gasteiger partial charge on any atom is -0.481 e. The molecule has 2 N–H and O–H groups in total. The molecule has 1 aromatic rings. The molecule has 0 radical (unpaired) electrons. The van der Waals surface area contributed by atoms with Gasteiger partial charge in [-0.05, 0) is 12.1 Å². The van der Waals surface area contributed by atoms with Crippen molar-refractivity contribution in [2.45, 2.75) is 18.0 Å². The van der Waals surface area contributed by atoms with E-state index in [2.05, 4.69) is 20.3 Å². The third kappa shape index (κ3) is 5.15. The summed E-state index contributed by atoms with van der Waals surface area (Å²) >= 11 is 0.719. The molecule has 1 aliphatic rings. The number of amidine groups is 1. The molecule has 0 bridgehead atoms. The number of halogens is 5. The van der Waals surface area contributed by atoms with Crippen molar-refractivity contribution in [2.75, 3.05) is 0 Å². The van der Waals surface area contributed by atoms with Gasteiger partial charge < -0.3 is 15.2 Å². The molecule has 13 heteroatoms. The second-order valence-electron chi connectivity index (χ2n) is 4.66. The number of aliphatic carboxylic acids is 1. The molecule has 1 fully saturated rings. The normalized spacial score (nSPS) is 19.2. The number of carbonyl (C=O) groups is 2. The third-order valence-electron chi connectivity index (χ3n) is 2.79. The summed E-state index contributed by atoms with van der Waals surface area (Å²) in [5.74, 6) is -5.98. The highest BCUT2D eigenvalue weighted by Crippen LogP contribution is 2.28. The summed E-state index contributed by atoms with van der Waals surface area (Å²) in [6.45, 7) is 0. The van der Waals surface area contributed by atoms with Gasteiger partial charge in [0.25, 0.3) is 0 Å². The summed E-state index contributed by atoms with van der Waals surface area (Å²) in [6.07, 6.45) is -5.15. The van der Waals surface area contributed by atoms with Crippen molar-refractivity contribution in [1.82, 2.24) is 5.32 Å². The number of amides is 1. The lowest BCUT2D eigenvalue weighted by molar-refractivity contribution is -0.274. The van der Waals surface area contributed by atoms with E-state index in [-0.39, 0.29) is 5.17 Å². The second-order valence-corrected chi connectivity index (χ2v) is 5.86. The first-order valence-electron chi connectivity index (χ1n) is 6.61. The van der Waals surface area contributed by atoms with Crippen LogP contribution < -0.4 is 10.1 Å². The Hall–Kier alpha value is -2.70. The number of carbonyl (C=O) groups excluding carboxylic acids is 1. The smallest absolute Gasteiger partial charge is 0.481 e. The van der Waals surface area contributed by atoms with E-state index in [1.807, 2.05) is 0 Å². The van der Waals surface area contributed by atoms with Crippen molar-refractivity contribution in [3.05, 3.63) is 29.3 Å². The highest BCUT2D eigenvalue weighted by molar-refractivity contribution is 8.15. The molecule has 1 aromatic carbocycles. The Labute approximate surface area is 145 Å². The van der Waals surface area contributed by atoms with Crippen LogP contribution in [0.4, 0.5) is 22.0 Å². The number of ether oxygens (including phenoxy) is 1. The topological polar surface area (TPSA) is 100 Å². The van der Waals surface area contributed by atoms with Gasteiger partial charge in [0.15, 0.2) is 16.8 Å². The number of benzene rings is 1. The van der Waals surface area contributed by atoms with Crippen LogP contribution >= 0.6 is 11.8 Å². The molecule has 7 nitrogen and oxygen atoms in total. The summed E-state index contributed by atoms with van der Waals surface area (Å²) in [5, 5.41) is 16.4. The first-order valence-corrected chi connectivity index (χ1v) is 7.49. The number of carboxylic acids is 1. The van der Waals surface area contributed by atoms with E-state index in [0.29, 0.717) is 18.3 Å². The molecular weight excluding hydrogens is 389 g/mol. The van der Waals surface area contributed by atoms with Crippen molar-refractivity contribution in [2.24, 2.45) is 10.2 Å². The number of hydrogen-bond donors (Lipinski definition) is 2. The molecule has 1 amide bonds. The lowest BCUT2D eigenvalue weighted by Crippen LogP contribution is -2.26. The molecule has 0 spiro atoms.